The Bertz CT molecular complexity index is 609. The first kappa shape index (κ1) is 15.2. The van der Waals surface area contributed by atoms with Gasteiger partial charge in [-0.25, -0.2) is 0 Å². The second-order valence-electron chi connectivity index (χ2n) is 5.83. The number of hydrogen-bond donors (Lipinski definition) is 3. The molecule has 1 saturated carbocycles. The largest absolute Gasteiger partial charge is 0.396 e. The number of H-pyrrole nitrogens is 1. The second-order valence-corrected chi connectivity index (χ2v) is 6.61. The lowest BCUT2D eigenvalue weighted by atomic mass is 9.95. The molecule has 0 radical (unpaired) electrons. The van der Waals surface area contributed by atoms with Crippen LogP contribution in [-0.4, -0.2) is 33.9 Å². The molecule has 1 aliphatic rings. The smallest absolute Gasteiger partial charge is 0.255 e. The standard InChI is InChI=1S/C16H21N3O2S/c20-9-11-4-2-1-3-5-14(11)18-16(21)13-8-17-19-15(13)12-6-7-22-10-12/h6-8,10-11,14,20H,1-5,9H2,(H,17,19)(H,18,21)/t11-,14-/m1/s1. The van der Waals surface area contributed by atoms with Crippen molar-refractivity contribution in [2.45, 2.75) is 38.1 Å². The zero-order valence-corrected chi connectivity index (χ0v) is 13.2. The molecule has 6 heteroatoms. The average Bonchev–Trinajstić information content (AvgIpc) is 3.16. The average molecular weight is 319 g/mol. The molecule has 0 aromatic carbocycles. The number of rotatable bonds is 4. The molecule has 0 bridgehead atoms. The van der Waals surface area contributed by atoms with E-state index in [1.807, 2.05) is 16.8 Å². The number of hydrogen-bond acceptors (Lipinski definition) is 4. The number of carbonyl (C=O) groups is 1. The second kappa shape index (κ2) is 7.07. The van der Waals surface area contributed by atoms with E-state index in [9.17, 15) is 9.90 Å². The molecule has 0 saturated heterocycles. The van der Waals surface area contributed by atoms with Crippen LogP contribution in [0, 0.1) is 5.92 Å². The first-order valence-corrected chi connectivity index (χ1v) is 8.71. The van der Waals surface area contributed by atoms with Crippen molar-refractivity contribution < 1.29 is 9.90 Å². The SMILES string of the molecule is O=C(N[C@@H]1CCCCC[C@@H]1CO)c1cn[nH]c1-c1ccsc1. The summed E-state index contributed by atoms with van der Waals surface area (Å²) >= 11 is 1.59. The number of aromatic amines is 1. The Kier molecular flexibility index (Phi) is 4.90. The Balaban J connectivity index is 1.75. The van der Waals surface area contributed by atoms with Crippen molar-refractivity contribution in [1.82, 2.24) is 15.5 Å². The number of aliphatic hydroxyl groups excluding tert-OH is 1. The van der Waals surface area contributed by atoms with Gasteiger partial charge in [0.2, 0.25) is 0 Å². The number of carbonyl (C=O) groups excluding carboxylic acids is 1. The van der Waals surface area contributed by atoms with E-state index in [2.05, 4.69) is 15.5 Å². The lowest BCUT2D eigenvalue weighted by Crippen LogP contribution is -2.41. The van der Waals surface area contributed by atoms with Gasteiger partial charge < -0.3 is 10.4 Å². The van der Waals surface area contributed by atoms with Crippen LogP contribution in [-0.2, 0) is 0 Å². The third kappa shape index (κ3) is 3.23. The van der Waals surface area contributed by atoms with Crippen LogP contribution < -0.4 is 5.32 Å². The highest BCUT2D eigenvalue weighted by atomic mass is 32.1. The molecule has 0 spiro atoms. The van der Waals surface area contributed by atoms with Gasteiger partial charge in [0.25, 0.3) is 5.91 Å². The van der Waals surface area contributed by atoms with Crippen LogP contribution >= 0.6 is 11.3 Å². The minimum atomic E-state index is -0.111. The van der Waals surface area contributed by atoms with Gasteiger partial charge in [0.05, 0.1) is 17.5 Å². The molecule has 2 aromatic heterocycles. The summed E-state index contributed by atoms with van der Waals surface area (Å²) in [6.45, 7) is 0.133. The Morgan fingerprint density at radius 2 is 2.27 bits per heavy atom. The van der Waals surface area contributed by atoms with Crippen LogP contribution in [0.4, 0.5) is 0 Å². The molecular weight excluding hydrogens is 298 g/mol. The van der Waals surface area contributed by atoms with Crippen molar-refractivity contribution in [3.63, 3.8) is 0 Å². The molecule has 1 aliphatic carbocycles. The maximum absolute atomic E-state index is 12.6. The predicted octanol–water partition coefficient (Wildman–Crippen LogP) is 2.81. The van der Waals surface area contributed by atoms with E-state index in [1.54, 1.807) is 17.5 Å². The highest BCUT2D eigenvalue weighted by Crippen LogP contribution is 2.26. The fraction of sp³-hybridized carbons (Fsp3) is 0.500. The van der Waals surface area contributed by atoms with Crippen molar-refractivity contribution in [1.29, 1.82) is 0 Å². The van der Waals surface area contributed by atoms with Crippen molar-refractivity contribution in [3.05, 3.63) is 28.6 Å². The minimum absolute atomic E-state index is 0.0465. The third-order valence-electron chi connectivity index (χ3n) is 4.40. The van der Waals surface area contributed by atoms with Crippen molar-refractivity contribution >= 4 is 17.2 Å². The maximum Gasteiger partial charge on any atom is 0.255 e. The first-order valence-electron chi connectivity index (χ1n) is 7.77. The molecule has 2 heterocycles. The van der Waals surface area contributed by atoms with Gasteiger partial charge in [0.1, 0.15) is 0 Å². The lowest BCUT2D eigenvalue weighted by molar-refractivity contribution is 0.0900. The first-order chi connectivity index (χ1) is 10.8. The summed E-state index contributed by atoms with van der Waals surface area (Å²) in [7, 11) is 0. The van der Waals surface area contributed by atoms with Crippen LogP contribution in [0.15, 0.2) is 23.0 Å². The third-order valence-corrected chi connectivity index (χ3v) is 5.09. The van der Waals surface area contributed by atoms with E-state index in [1.165, 1.54) is 6.42 Å². The van der Waals surface area contributed by atoms with Crippen LogP contribution in [0.5, 0.6) is 0 Å². The van der Waals surface area contributed by atoms with Crippen molar-refractivity contribution in [3.8, 4) is 11.3 Å². The van der Waals surface area contributed by atoms with Crippen LogP contribution in [0.1, 0.15) is 42.5 Å². The predicted molar refractivity (Wildman–Crippen MR) is 86.8 cm³/mol. The Hall–Kier alpha value is -1.66. The number of thiophene rings is 1. The van der Waals surface area contributed by atoms with Crippen molar-refractivity contribution in [2.24, 2.45) is 5.92 Å². The summed E-state index contributed by atoms with van der Waals surface area (Å²) in [6.07, 6.45) is 6.89. The zero-order chi connectivity index (χ0) is 15.4. The molecular formula is C16H21N3O2S. The summed E-state index contributed by atoms with van der Waals surface area (Å²) in [5, 5.41) is 23.6. The topological polar surface area (TPSA) is 78.0 Å². The molecule has 1 amide bonds. The van der Waals surface area contributed by atoms with Gasteiger partial charge in [-0.15, -0.1) is 0 Å². The van der Waals surface area contributed by atoms with Crippen LogP contribution in [0.25, 0.3) is 11.3 Å². The van der Waals surface area contributed by atoms with Gasteiger partial charge in [0.15, 0.2) is 0 Å². The summed E-state index contributed by atoms with van der Waals surface area (Å²) in [6, 6.07) is 2.02. The molecule has 2 atom stereocenters. The van der Waals surface area contributed by atoms with E-state index in [0.717, 1.165) is 36.9 Å². The van der Waals surface area contributed by atoms with Gasteiger partial charge in [-0.3, -0.25) is 9.89 Å². The molecule has 2 aromatic rings. The molecule has 3 N–H and O–H groups in total. The molecule has 5 nitrogen and oxygen atoms in total. The molecule has 118 valence electrons. The Morgan fingerprint density at radius 1 is 1.41 bits per heavy atom. The molecule has 22 heavy (non-hydrogen) atoms. The Morgan fingerprint density at radius 3 is 3.05 bits per heavy atom. The molecule has 1 fully saturated rings. The summed E-state index contributed by atoms with van der Waals surface area (Å²) in [4.78, 5) is 12.6. The number of aliphatic hydroxyl groups is 1. The number of aromatic nitrogens is 2. The fourth-order valence-electron chi connectivity index (χ4n) is 3.12. The Labute approximate surface area is 133 Å². The molecule has 0 unspecified atom stereocenters. The van der Waals surface area contributed by atoms with E-state index in [-0.39, 0.29) is 24.5 Å². The van der Waals surface area contributed by atoms with E-state index in [4.69, 9.17) is 0 Å². The van der Waals surface area contributed by atoms with E-state index in [0.29, 0.717) is 5.56 Å². The van der Waals surface area contributed by atoms with Crippen molar-refractivity contribution in [2.75, 3.05) is 6.61 Å². The van der Waals surface area contributed by atoms with Gasteiger partial charge in [0, 0.05) is 29.5 Å². The van der Waals surface area contributed by atoms with Gasteiger partial charge in [-0.1, -0.05) is 19.3 Å². The summed E-state index contributed by atoms with van der Waals surface area (Å²) in [5.74, 6) is 0.0447. The van der Waals surface area contributed by atoms with E-state index < -0.39 is 0 Å². The number of nitrogens with one attached hydrogen (secondary N) is 2. The van der Waals surface area contributed by atoms with E-state index >= 15 is 0 Å². The fourth-order valence-corrected chi connectivity index (χ4v) is 3.77. The minimum Gasteiger partial charge on any atom is -0.396 e. The summed E-state index contributed by atoms with van der Waals surface area (Å²) in [5.41, 5.74) is 2.31. The van der Waals surface area contributed by atoms with Gasteiger partial charge in [-0.05, 0) is 24.3 Å². The maximum atomic E-state index is 12.6. The highest BCUT2D eigenvalue weighted by Gasteiger charge is 2.26. The zero-order valence-electron chi connectivity index (χ0n) is 12.4. The number of amides is 1. The lowest BCUT2D eigenvalue weighted by Gasteiger charge is -2.24. The number of nitrogens with zero attached hydrogens (tertiary/aromatic N) is 1. The van der Waals surface area contributed by atoms with Gasteiger partial charge in [-0.2, -0.15) is 16.4 Å². The summed E-state index contributed by atoms with van der Waals surface area (Å²) < 4.78 is 0. The van der Waals surface area contributed by atoms with Crippen LogP contribution in [0.2, 0.25) is 0 Å². The van der Waals surface area contributed by atoms with Crippen LogP contribution in [0.3, 0.4) is 0 Å². The molecule has 0 aliphatic heterocycles. The quantitative estimate of drug-likeness (QED) is 0.758. The normalized spacial score (nSPS) is 22.2. The highest BCUT2D eigenvalue weighted by molar-refractivity contribution is 7.08. The molecule has 3 rings (SSSR count). The van der Waals surface area contributed by atoms with Gasteiger partial charge >= 0.3 is 0 Å². The monoisotopic (exact) mass is 319 g/mol.